The monoisotopic (exact) mass is 521 g/mol. The van der Waals surface area contributed by atoms with Crippen LogP contribution in [-0.4, -0.2) is 48.2 Å². The predicted octanol–water partition coefficient (Wildman–Crippen LogP) is 4.49. The molecule has 37 heavy (non-hydrogen) atoms. The van der Waals surface area contributed by atoms with Crippen molar-refractivity contribution in [2.75, 3.05) is 26.5 Å². The maximum atomic E-state index is 13.1. The number of likely N-dealkylation sites (tertiary alicyclic amines) is 1. The number of piperidine rings is 1. The molecule has 1 fully saturated rings. The molecule has 0 spiro atoms. The number of nitrogens with zero attached hydrogens (tertiary/aromatic N) is 2. The fourth-order valence-corrected chi connectivity index (χ4v) is 4.70. The standard InChI is InChI=1S/C28H28ClN3O5/c1-18-2-8-23(28(34)30-15-19-3-9-24-25(14-19)37-17-36-24)27(31-18)20-10-12-32(13-11-20)26(33)16-35-22-6-4-21(29)5-7-22/h2-9,14,20H,10-13,15-17H2,1H3,(H,30,34). The first-order valence-corrected chi connectivity index (χ1v) is 12.6. The molecule has 8 nitrogen and oxygen atoms in total. The number of rotatable bonds is 7. The molecule has 3 heterocycles. The molecule has 0 saturated carbocycles. The van der Waals surface area contributed by atoms with Crippen molar-refractivity contribution in [3.63, 3.8) is 0 Å². The van der Waals surface area contributed by atoms with Crippen molar-refractivity contribution in [1.82, 2.24) is 15.2 Å². The van der Waals surface area contributed by atoms with Crippen molar-refractivity contribution in [1.29, 1.82) is 0 Å². The van der Waals surface area contributed by atoms with E-state index in [1.54, 1.807) is 24.3 Å². The number of carbonyl (C=O) groups excluding carboxylic acids is 2. The lowest BCUT2D eigenvalue weighted by Crippen LogP contribution is -2.41. The van der Waals surface area contributed by atoms with Crippen molar-refractivity contribution >= 4 is 23.4 Å². The molecule has 1 aromatic heterocycles. The van der Waals surface area contributed by atoms with Crippen molar-refractivity contribution in [2.24, 2.45) is 0 Å². The SMILES string of the molecule is Cc1ccc(C(=O)NCc2ccc3c(c2)OCO3)c(C2CCN(C(=O)COc3ccc(Cl)cc3)CC2)n1. The molecule has 5 rings (SSSR count). The molecule has 192 valence electrons. The van der Waals surface area contributed by atoms with Gasteiger partial charge in [-0.3, -0.25) is 14.6 Å². The Morgan fingerprint density at radius 3 is 2.59 bits per heavy atom. The number of carbonyl (C=O) groups is 2. The lowest BCUT2D eigenvalue weighted by atomic mass is 9.89. The Bertz CT molecular complexity index is 1290. The van der Waals surface area contributed by atoms with Crippen molar-refractivity contribution in [3.8, 4) is 17.2 Å². The van der Waals surface area contributed by atoms with Crippen LogP contribution in [0.25, 0.3) is 0 Å². The average molecular weight is 522 g/mol. The van der Waals surface area contributed by atoms with Crippen molar-refractivity contribution in [2.45, 2.75) is 32.2 Å². The number of pyridine rings is 1. The minimum absolute atomic E-state index is 0.0253. The van der Waals surface area contributed by atoms with Crippen molar-refractivity contribution in [3.05, 3.63) is 82.1 Å². The molecule has 2 aliphatic rings. The topological polar surface area (TPSA) is 90.0 Å². The van der Waals surface area contributed by atoms with Crippen LogP contribution in [0.15, 0.2) is 54.6 Å². The quantitative estimate of drug-likeness (QED) is 0.493. The van der Waals surface area contributed by atoms with Gasteiger partial charge in [0, 0.05) is 36.3 Å². The van der Waals surface area contributed by atoms with Crippen LogP contribution in [0.4, 0.5) is 0 Å². The largest absolute Gasteiger partial charge is 0.484 e. The van der Waals surface area contributed by atoms with Crippen LogP contribution < -0.4 is 19.5 Å². The van der Waals surface area contributed by atoms with Gasteiger partial charge in [0.15, 0.2) is 18.1 Å². The van der Waals surface area contributed by atoms with Crippen LogP contribution >= 0.6 is 11.6 Å². The summed E-state index contributed by atoms with van der Waals surface area (Å²) in [5, 5.41) is 3.62. The molecule has 2 aliphatic heterocycles. The number of hydrogen-bond acceptors (Lipinski definition) is 6. The minimum Gasteiger partial charge on any atom is -0.484 e. The lowest BCUT2D eigenvalue weighted by Gasteiger charge is -2.32. The second kappa shape index (κ2) is 11.1. The predicted molar refractivity (Wildman–Crippen MR) is 138 cm³/mol. The molecule has 1 saturated heterocycles. The van der Waals surface area contributed by atoms with Crippen LogP contribution in [0.3, 0.4) is 0 Å². The smallest absolute Gasteiger partial charge is 0.260 e. The third-order valence-corrected chi connectivity index (χ3v) is 6.86. The van der Waals surface area contributed by atoms with Crippen LogP contribution in [0.5, 0.6) is 17.2 Å². The maximum absolute atomic E-state index is 13.1. The molecule has 3 aromatic rings. The van der Waals surface area contributed by atoms with Gasteiger partial charge in [-0.05, 0) is 73.9 Å². The Morgan fingerprint density at radius 1 is 1.05 bits per heavy atom. The number of hydrogen-bond donors (Lipinski definition) is 1. The minimum atomic E-state index is -0.171. The summed E-state index contributed by atoms with van der Waals surface area (Å²) in [6.45, 7) is 3.64. The summed E-state index contributed by atoms with van der Waals surface area (Å²) < 4.78 is 16.4. The van der Waals surface area contributed by atoms with Gasteiger partial charge in [-0.25, -0.2) is 0 Å². The fraction of sp³-hybridized carbons (Fsp3) is 0.321. The Labute approximate surface area is 220 Å². The first-order valence-electron chi connectivity index (χ1n) is 12.3. The molecule has 1 N–H and O–H groups in total. The summed E-state index contributed by atoms with van der Waals surface area (Å²) in [5.41, 5.74) is 3.14. The molecule has 9 heteroatoms. The highest BCUT2D eigenvalue weighted by Crippen LogP contribution is 2.33. The number of benzene rings is 2. The highest BCUT2D eigenvalue weighted by atomic mass is 35.5. The van der Waals surface area contributed by atoms with Crippen molar-refractivity contribution < 1.29 is 23.8 Å². The van der Waals surface area contributed by atoms with Gasteiger partial charge in [-0.1, -0.05) is 17.7 Å². The zero-order valence-corrected chi connectivity index (χ0v) is 21.3. The second-order valence-corrected chi connectivity index (χ2v) is 9.59. The fourth-order valence-electron chi connectivity index (χ4n) is 4.58. The van der Waals surface area contributed by atoms with Gasteiger partial charge < -0.3 is 24.4 Å². The molecule has 0 unspecified atom stereocenters. The van der Waals surface area contributed by atoms with E-state index in [1.165, 1.54) is 0 Å². The molecule has 0 atom stereocenters. The highest BCUT2D eigenvalue weighted by Gasteiger charge is 2.28. The molecular formula is C28H28ClN3O5. The number of ether oxygens (including phenoxy) is 3. The van der Waals surface area contributed by atoms with E-state index in [4.69, 9.17) is 30.8 Å². The highest BCUT2D eigenvalue weighted by molar-refractivity contribution is 6.30. The van der Waals surface area contributed by atoms with E-state index in [9.17, 15) is 9.59 Å². The third kappa shape index (κ3) is 5.97. The normalized spacial score (nSPS) is 14.9. The van der Waals surface area contributed by atoms with E-state index >= 15 is 0 Å². The first kappa shape index (κ1) is 24.9. The van der Waals surface area contributed by atoms with Gasteiger partial charge in [-0.15, -0.1) is 0 Å². The molecule has 0 aliphatic carbocycles. The zero-order valence-electron chi connectivity index (χ0n) is 20.5. The number of aryl methyl sites for hydroxylation is 1. The number of halogens is 1. The Kier molecular flexibility index (Phi) is 7.46. The van der Waals surface area contributed by atoms with Crippen LogP contribution in [0.2, 0.25) is 5.02 Å². The van der Waals surface area contributed by atoms with E-state index in [0.29, 0.717) is 47.5 Å². The van der Waals surface area contributed by atoms with Gasteiger partial charge in [-0.2, -0.15) is 0 Å². The second-order valence-electron chi connectivity index (χ2n) is 9.15. The van der Waals surface area contributed by atoms with Gasteiger partial charge in [0.2, 0.25) is 6.79 Å². The van der Waals surface area contributed by atoms with Crippen LogP contribution in [0, 0.1) is 6.92 Å². The molecule has 0 radical (unpaired) electrons. The summed E-state index contributed by atoms with van der Waals surface area (Å²) in [5.74, 6) is 1.86. The number of fused-ring (bicyclic) bond motifs is 1. The molecular weight excluding hydrogens is 494 g/mol. The van der Waals surface area contributed by atoms with Crippen LogP contribution in [0.1, 0.15) is 46.1 Å². The summed E-state index contributed by atoms with van der Waals surface area (Å²) in [6, 6.07) is 16.3. The summed E-state index contributed by atoms with van der Waals surface area (Å²) in [4.78, 5) is 32.4. The summed E-state index contributed by atoms with van der Waals surface area (Å²) in [6.07, 6.45) is 1.46. The van der Waals surface area contributed by atoms with Crippen LogP contribution in [-0.2, 0) is 11.3 Å². The number of nitrogens with one attached hydrogen (secondary N) is 1. The Hall–Kier alpha value is -3.78. The van der Waals surface area contributed by atoms with E-state index in [0.717, 1.165) is 29.8 Å². The third-order valence-electron chi connectivity index (χ3n) is 6.61. The Morgan fingerprint density at radius 2 is 1.81 bits per heavy atom. The number of aromatic nitrogens is 1. The Balaban J connectivity index is 1.18. The maximum Gasteiger partial charge on any atom is 0.260 e. The van der Waals surface area contributed by atoms with E-state index in [-0.39, 0.29) is 31.1 Å². The van der Waals surface area contributed by atoms with E-state index < -0.39 is 0 Å². The summed E-state index contributed by atoms with van der Waals surface area (Å²) >= 11 is 5.90. The van der Waals surface area contributed by atoms with Gasteiger partial charge >= 0.3 is 0 Å². The zero-order chi connectivity index (χ0) is 25.8. The van der Waals surface area contributed by atoms with Gasteiger partial charge in [0.25, 0.3) is 11.8 Å². The average Bonchev–Trinajstić information content (AvgIpc) is 3.39. The lowest BCUT2D eigenvalue weighted by molar-refractivity contribution is -0.134. The number of amides is 2. The molecule has 0 bridgehead atoms. The van der Waals surface area contributed by atoms with E-state index in [1.807, 2.05) is 42.2 Å². The molecule has 2 aromatic carbocycles. The summed E-state index contributed by atoms with van der Waals surface area (Å²) in [7, 11) is 0. The first-order chi connectivity index (χ1) is 18.0. The van der Waals surface area contributed by atoms with Gasteiger partial charge in [0.05, 0.1) is 11.3 Å². The van der Waals surface area contributed by atoms with E-state index in [2.05, 4.69) is 5.32 Å². The van der Waals surface area contributed by atoms with Gasteiger partial charge in [0.1, 0.15) is 5.75 Å². The molecule has 2 amide bonds.